The van der Waals surface area contributed by atoms with Crippen molar-refractivity contribution in [1.29, 1.82) is 0 Å². The van der Waals surface area contributed by atoms with E-state index in [9.17, 15) is 9.59 Å². The SMILES string of the molecule is CCN(CC)C(=O)C(C)NC(C)(C)C(N)=O. The highest BCUT2D eigenvalue weighted by Crippen LogP contribution is 2.04. The van der Waals surface area contributed by atoms with Gasteiger partial charge >= 0.3 is 0 Å². The Kier molecular flexibility index (Phi) is 5.44. The van der Waals surface area contributed by atoms with E-state index in [1.807, 2.05) is 13.8 Å². The lowest BCUT2D eigenvalue weighted by Crippen LogP contribution is -2.58. The number of nitrogens with zero attached hydrogens (tertiary/aromatic N) is 1. The van der Waals surface area contributed by atoms with Crippen LogP contribution in [0.15, 0.2) is 0 Å². The van der Waals surface area contributed by atoms with Crippen molar-refractivity contribution in [2.45, 2.75) is 46.2 Å². The topological polar surface area (TPSA) is 75.4 Å². The first kappa shape index (κ1) is 14.9. The van der Waals surface area contributed by atoms with E-state index in [2.05, 4.69) is 5.32 Å². The van der Waals surface area contributed by atoms with Crippen molar-refractivity contribution in [3.63, 3.8) is 0 Å². The van der Waals surface area contributed by atoms with E-state index in [-0.39, 0.29) is 5.91 Å². The zero-order valence-electron chi connectivity index (χ0n) is 10.8. The van der Waals surface area contributed by atoms with Crippen molar-refractivity contribution < 1.29 is 9.59 Å². The zero-order chi connectivity index (χ0) is 12.9. The number of nitrogens with one attached hydrogen (secondary N) is 1. The van der Waals surface area contributed by atoms with Crippen molar-refractivity contribution in [2.75, 3.05) is 13.1 Å². The van der Waals surface area contributed by atoms with Crippen LogP contribution in [0.3, 0.4) is 0 Å². The summed E-state index contributed by atoms with van der Waals surface area (Å²) in [4.78, 5) is 24.8. The van der Waals surface area contributed by atoms with Gasteiger partial charge in [0.05, 0.1) is 11.6 Å². The van der Waals surface area contributed by atoms with Gasteiger partial charge in [-0.05, 0) is 34.6 Å². The average Bonchev–Trinajstić information content (AvgIpc) is 2.18. The van der Waals surface area contributed by atoms with Crippen LogP contribution in [0.1, 0.15) is 34.6 Å². The fourth-order valence-corrected chi connectivity index (χ4v) is 1.48. The molecule has 2 amide bonds. The minimum Gasteiger partial charge on any atom is -0.368 e. The van der Waals surface area contributed by atoms with Crippen LogP contribution in [-0.4, -0.2) is 41.4 Å². The molecule has 0 heterocycles. The molecule has 94 valence electrons. The van der Waals surface area contributed by atoms with E-state index in [0.717, 1.165) is 0 Å². The largest absolute Gasteiger partial charge is 0.368 e. The molecule has 0 radical (unpaired) electrons. The number of hydrogen-bond acceptors (Lipinski definition) is 3. The minimum absolute atomic E-state index is 0.0145. The lowest BCUT2D eigenvalue weighted by Gasteiger charge is -2.29. The van der Waals surface area contributed by atoms with E-state index in [1.165, 1.54) is 0 Å². The first-order chi connectivity index (χ1) is 7.26. The highest BCUT2D eigenvalue weighted by atomic mass is 16.2. The van der Waals surface area contributed by atoms with Crippen molar-refractivity contribution in [2.24, 2.45) is 5.73 Å². The maximum Gasteiger partial charge on any atom is 0.239 e. The van der Waals surface area contributed by atoms with Gasteiger partial charge in [0.15, 0.2) is 0 Å². The molecule has 3 N–H and O–H groups in total. The molecular weight excluding hydrogens is 206 g/mol. The van der Waals surface area contributed by atoms with Gasteiger partial charge in [0.25, 0.3) is 0 Å². The van der Waals surface area contributed by atoms with Gasteiger partial charge in [-0.25, -0.2) is 0 Å². The molecule has 0 fully saturated rings. The second kappa shape index (κ2) is 5.84. The smallest absolute Gasteiger partial charge is 0.239 e. The molecule has 1 atom stereocenters. The number of hydrogen-bond donors (Lipinski definition) is 2. The van der Waals surface area contributed by atoms with Crippen LogP contribution >= 0.6 is 0 Å². The normalized spacial score (nSPS) is 13.3. The Morgan fingerprint density at radius 2 is 1.75 bits per heavy atom. The lowest BCUT2D eigenvalue weighted by atomic mass is 10.0. The summed E-state index contributed by atoms with van der Waals surface area (Å²) < 4.78 is 0. The number of primary amides is 1. The predicted octanol–water partition coefficient (Wildman–Crippen LogP) is 0.0968. The summed E-state index contributed by atoms with van der Waals surface area (Å²) in [5, 5.41) is 2.94. The maximum absolute atomic E-state index is 11.9. The third-order valence-corrected chi connectivity index (χ3v) is 2.64. The fourth-order valence-electron chi connectivity index (χ4n) is 1.48. The monoisotopic (exact) mass is 229 g/mol. The number of nitrogens with two attached hydrogens (primary N) is 1. The van der Waals surface area contributed by atoms with Gasteiger partial charge in [-0.2, -0.15) is 0 Å². The van der Waals surface area contributed by atoms with Gasteiger partial charge in [-0.1, -0.05) is 0 Å². The number of carbonyl (C=O) groups is 2. The lowest BCUT2D eigenvalue weighted by molar-refractivity contribution is -0.133. The molecule has 0 saturated carbocycles. The molecule has 0 aliphatic carbocycles. The van der Waals surface area contributed by atoms with E-state index in [4.69, 9.17) is 5.73 Å². The van der Waals surface area contributed by atoms with Crippen LogP contribution in [0.2, 0.25) is 0 Å². The Morgan fingerprint density at radius 1 is 1.31 bits per heavy atom. The summed E-state index contributed by atoms with van der Waals surface area (Å²) >= 11 is 0. The van der Waals surface area contributed by atoms with Crippen LogP contribution in [0.25, 0.3) is 0 Å². The molecular formula is C11H23N3O2. The van der Waals surface area contributed by atoms with Gasteiger partial charge < -0.3 is 10.6 Å². The quantitative estimate of drug-likeness (QED) is 0.678. The Bertz CT molecular complexity index is 260. The number of rotatable bonds is 6. The van der Waals surface area contributed by atoms with Crippen LogP contribution in [0.5, 0.6) is 0 Å². The van der Waals surface area contributed by atoms with Gasteiger partial charge in [0, 0.05) is 13.1 Å². The Hall–Kier alpha value is -1.10. The van der Waals surface area contributed by atoms with Gasteiger partial charge in [-0.15, -0.1) is 0 Å². The van der Waals surface area contributed by atoms with Crippen LogP contribution in [0, 0.1) is 0 Å². The number of likely N-dealkylation sites (N-methyl/N-ethyl adjacent to an activating group) is 1. The Balaban J connectivity index is 4.52. The highest BCUT2D eigenvalue weighted by molar-refractivity contribution is 5.86. The van der Waals surface area contributed by atoms with E-state index in [1.54, 1.807) is 25.7 Å². The second-order valence-electron chi connectivity index (χ2n) is 4.37. The molecule has 0 saturated heterocycles. The predicted molar refractivity (Wildman–Crippen MR) is 63.8 cm³/mol. The van der Waals surface area contributed by atoms with Crippen molar-refractivity contribution in [3.05, 3.63) is 0 Å². The van der Waals surface area contributed by atoms with E-state index in [0.29, 0.717) is 13.1 Å². The number of carbonyl (C=O) groups excluding carboxylic acids is 2. The maximum atomic E-state index is 11.9. The second-order valence-corrected chi connectivity index (χ2v) is 4.37. The van der Waals surface area contributed by atoms with Crippen molar-refractivity contribution in [1.82, 2.24) is 10.2 Å². The standard InChI is InChI=1S/C11H23N3O2/c1-6-14(7-2)9(15)8(3)13-11(4,5)10(12)16/h8,13H,6-7H2,1-5H3,(H2,12,16). The minimum atomic E-state index is -0.873. The molecule has 0 aromatic rings. The molecule has 5 heteroatoms. The molecule has 0 aliphatic rings. The molecule has 0 spiro atoms. The summed E-state index contributed by atoms with van der Waals surface area (Å²) in [5.41, 5.74) is 4.36. The van der Waals surface area contributed by atoms with Crippen molar-refractivity contribution >= 4 is 11.8 Å². The molecule has 0 aromatic carbocycles. The third kappa shape index (κ3) is 3.81. The first-order valence-electron chi connectivity index (χ1n) is 5.62. The summed E-state index contributed by atoms with van der Waals surface area (Å²) in [6.45, 7) is 10.3. The van der Waals surface area contributed by atoms with E-state index >= 15 is 0 Å². The van der Waals surface area contributed by atoms with Crippen molar-refractivity contribution in [3.8, 4) is 0 Å². The molecule has 0 aliphatic heterocycles. The van der Waals surface area contributed by atoms with E-state index < -0.39 is 17.5 Å². The van der Waals surface area contributed by atoms with Gasteiger partial charge in [-0.3, -0.25) is 14.9 Å². The van der Waals surface area contributed by atoms with Gasteiger partial charge in [0.2, 0.25) is 11.8 Å². The summed E-state index contributed by atoms with van der Waals surface area (Å²) in [5.74, 6) is -0.481. The Morgan fingerprint density at radius 3 is 2.06 bits per heavy atom. The Labute approximate surface area is 97.4 Å². The van der Waals surface area contributed by atoms with Crippen LogP contribution < -0.4 is 11.1 Å². The fraction of sp³-hybridized carbons (Fsp3) is 0.818. The molecule has 16 heavy (non-hydrogen) atoms. The summed E-state index contributed by atoms with van der Waals surface area (Å²) in [6, 6.07) is -0.414. The molecule has 1 unspecified atom stereocenters. The average molecular weight is 229 g/mol. The third-order valence-electron chi connectivity index (χ3n) is 2.64. The number of amides is 2. The summed E-state index contributed by atoms with van der Waals surface area (Å²) in [7, 11) is 0. The van der Waals surface area contributed by atoms with Crippen LogP contribution in [-0.2, 0) is 9.59 Å². The van der Waals surface area contributed by atoms with Crippen LogP contribution in [0.4, 0.5) is 0 Å². The molecule has 0 bridgehead atoms. The first-order valence-corrected chi connectivity index (χ1v) is 5.62. The zero-order valence-corrected chi connectivity index (χ0v) is 10.8. The molecule has 5 nitrogen and oxygen atoms in total. The summed E-state index contributed by atoms with van der Waals surface area (Å²) in [6.07, 6.45) is 0. The molecule has 0 aromatic heterocycles. The highest BCUT2D eigenvalue weighted by Gasteiger charge is 2.30. The molecule has 0 rings (SSSR count). The van der Waals surface area contributed by atoms with Gasteiger partial charge in [0.1, 0.15) is 0 Å².